The highest BCUT2D eigenvalue weighted by Crippen LogP contribution is 2.45. The minimum absolute atomic E-state index is 0.0640. The van der Waals surface area contributed by atoms with E-state index in [2.05, 4.69) is 10.5 Å². The Kier molecular flexibility index (Phi) is 6.48. The number of amides is 2. The summed E-state index contributed by atoms with van der Waals surface area (Å²) < 4.78 is 10.7. The number of benzene rings is 2. The molecule has 188 valence electrons. The molecule has 36 heavy (non-hydrogen) atoms. The lowest BCUT2D eigenvalue weighted by atomic mass is 9.86. The normalized spacial score (nSPS) is 17.1. The number of carbonyl (C=O) groups excluding carboxylic acids is 2. The summed E-state index contributed by atoms with van der Waals surface area (Å²) in [7, 11) is 0. The Morgan fingerprint density at radius 2 is 1.89 bits per heavy atom. The van der Waals surface area contributed by atoms with Gasteiger partial charge in [-0.2, -0.15) is 0 Å². The minimum atomic E-state index is -1.75. The molecule has 0 radical (unpaired) electrons. The van der Waals surface area contributed by atoms with E-state index >= 15 is 0 Å². The average Bonchev–Trinajstić information content (AvgIpc) is 3.25. The van der Waals surface area contributed by atoms with Crippen molar-refractivity contribution in [1.82, 2.24) is 10.5 Å². The van der Waals surface area contributed by atoms with Crippen LogP contribution < -0.4 is 10.2 Å². The van der Waals surface area contributed by atoms with Crippen LogP contribution in [0.1, 0.15) is 43.4 Å². The lowest BCUT2D eigenvalue weighted by Gasteiger charge is -2.30. The van der Waals surface area contributed by atoms with Crippen LogP contribution in [0.2, 0.25) is 5.02 Å². The van der Waals surface area contributed by atoms with E-state index in [1.165, 1.54) is 11.8 Å². The zero-order valence-electron chi connectivity index (χ0n) is 20.2. The summed E-state index contributed by atoms with van der Waals surface area (Å²) in [6.45, 7) is 6.63. The number of carbonyl (C=O) groups is 2. The highest BCUT2D eigenvalue weighted by molar-refractivity contribution is 6.31. The quantitative estimate of drug-likeness (QED) is 0.361. The number of alkyl carbamates (subject to hydrolysis) is 1. The Labute approximate surface area is 212 Å². The third-order valence-electron chi connectivity index (χ3n) is 5.77. The van der Waals surface area contributed by atoms with Crippen LogP contribution in [0.4, 0.5) is 16.2 Å². The first-order valence-corrected chi connectivity index (χ1v) is 11.6. The summed E-state index contributed by atoms with van der Waals surface area (Å²) in [6.07, 6.45) is -1.21. The van der Waals surface area contributed by atoms with Gasteiger partial charge < -0.3 is 19.5 Å². The van der Waals surface area contributed by atoms with Crippen molar-refractivity contribution in [2.75, 3.05) is 4.90 Å². The molecule has 2 heterocycles. The van der Waals surface area contributed by atoms with Crippen LogP contribution in [-0.2, 0) is 28.0 Å². The summed E-state index contributed by atoms with van der Waals surface area (Å²) in [5, 5.41) is 18.7. The summed E-state index contributed by atoms with van der Waals surface area (Å²) in [5.74, 6) is -0.658. The van der Waals surface area contributed by atoms with E-state index in [0.29, 0.717) is 21.8 Å². The second kappa shape index (κ2) is 9.27. The predicted octanol–water partition coefficient (Wildman–Crippen LogP) is 5.05. The molecule has 3 aromatic rings. The first kappa shape index (κ1) is 25.2. The van der Waals surface area contributed by atoms with Crippen molar-refractivity contribution < 1.29 is 23.8 Å². The number of hydrogen-bond acceptors (Lipinski definition) is 7. The third kappa shape index (κ3) is 4.64. The molecule has 0 bridgehead atoms. The maximum absolute atomic E-state index is 14.2. The molecule has 10 nitrogen and oxygen atoms in total. The van der Waals surface area contributed by atoms with Gasteiger partial charge in [0.1, 0.15) is 5.60 Å². The number of fused-ring (bicyclic) bond motifs is 1. The third-order valence-corrected chi connectivity index (χ3v) is 6.14. The van der Waals surface area contributed by atoms with E-state index < -0.39 is 28.1 Å². The number of nitro groups is 1. The van der Waals surface area contributed by atoms with Crippen LogP contribution in [0.15, 0.2) is 53.1 Å². The Bertz CT molecular complexity index is 1350. The number of nitrogens with zero attached hydrogens (tertiary/aromatic N) is 3. The Morgan fingerprint density at radius 1 is 1.22 bits per heavy atom. The van der Waals surface area contributed by atoms with E-state index in [-0.39, 0.29) is 30.1 Å². The van der Waals surface area contributed by atoms with Crippen molar-refractivity contribution in [2.24, 2.45) is 0 Å². The van der Waals surface area contributed by atoms with Gasteiger partial charge in [-0.3, -0.25) is 14.9 Å². The van der Waals surface area contributed by atoms with Gasteiger partial charge in [0, 0.05) is 10.6 Å². The number of rotatable bonds is 6. The fraction of sp³-hybridized carbons (Fsp3) is 0.320. The first-order valence-electron chi connectivity index (χ1n) is 11.2. The van der Waals surface area contributed by atoms with Gasteiger partial charge >= 0.3 is 11.8 Å². The number of aromatic nitrogens is 1. The van der Waals surface area contributed by atoms with Crippen molar-refractivity contribution in [3.8, 4) is 0 Å². The monoisotopic (exact) mass is 512 g/mol. The maximum atomic E-state index is 14.2. The number of ether oxygens (including phenoxy) is 1. The summed E-state index contributed by atoms with van der Waals surface area (Å²) in [4.78, 5) is 39.8. The number of nitrogens with one attached hydrogen (secondary N) is 1. The molecule has 0 fully saturated rings. The van der Waals surface area contributed by atoms with E-state index in [4.69, 9.17) is 20.9 Å². The zero-order chi connectivity index (χ0) is 26.3. The first-order chi connectivity index (χ1) is 16.9. The van der Waals surface area contributed by atoms with Gasteiger partial charge in [-0.1, -0.05) is 53.2 Å². The number of halogens is 1. The summed E-state index contributed by atoms with van der Waals surface area (Å²) in [6, 6.07) is 14.0. The fourth-order valence-corrected chi connectivity index (χ4v) is 4.49. The molecular formula is C25H25ClN4O6. The molecule has 1 N–H and O–H groups in total. The van der Waals surface area contributed by atoms with Crippen LogP contribution in [0.5, 0.6) is 0 Å². The van der Waals surface area contributed by atoms with Crippen molar-refractivity contribution in [3.05, 3.63) is 86.2 Å². The molecular weight excluding hydrogens is 488 g/mol. The van der Waals surface area contributed by atoms with Gasteiger partial charge in [0.2, 0.25) is 5.76 Å². The van der Waals surface area contributed by atoms with E-state index in [9.17, 15) is 19.7 Å². The SMILES string of the molecule is Cc1noc(C[C@]2(NC(=O)OC(C)(C)C)C(=O)N(Cc3ccccc3Cl)c3ccccc32)c1[N+](=O)[O-]. The lowest BCUT2D eigenvalue weighted by molar-refractivity contribution is -0.386. The van der Waals surface area contributed by atoms with Gasteiger partial charge in [-0.05, 0) is 45.4 Å². The molecule has 0 aliphatic carbocycles. The highest BCUT2D eigenvalue weighted by atomic mass is 35.5. The van der Waals surface area contributed by atoms with E-state index in [1.807, 2.05) is 0 Å². The van der Waals surface area contributed by atoms with E-state index in [1.54, 1.807) is 69.3 Å². The molecule has 1 aliphatic heterocycles. The van der Waals surface area contributed by atoms with Crippen molar-refractivity contribution >= 4 is 35.0 Å². The van der Waals surface area contributed by atoms with Gasteiger partial charge in [0.15, 0.2) is 11.2 Å². The molecule has 0 saturated carbocycles. The molecule has 4 rings (SSSR count). The average molecular weight is 513 g/mol. The molecule has 2 amide bonds. The van der Waals surface area contributed by atoms with Gasteiger partial charge in [-0.15, -0.1) is 0 Å². The fourth-order valence-electron chi connectivity index (χ4n) is 4.30. The second-order valence-electron chi connectivity index (χ2n) is 9.51. The molecule has 1 aliphatic rings. The minimum Gasteiger partial charge on any atom is -0.444 e. The van der Waals surface area contributed by atoms with Crippen molar-refractivity contribution in [1.29, 1.82) is 0 Å². The zero-order valence-corrected chi connectivity index (χ0v) is 21.0. The molecule has 11 heteroatoms. The van der Waals surface area contributed by atoms with Crippen LogP contribution in [0.3, 0.4) is 0 Å². The number of para-hydroxylation sites is 1. The molecule has 0 unspecified atom stereocenters. The largest absolute Gasteiger partial charge is 0.444 e. The number of aryl methyl sites for hydroxylation is 1. The number of anilines is 1. The van der Waals surface area contributed by atoms with Crippen molar-refractivity contribution in [3.63, 3.8) is 0 Å². The molecule has 2 aromatic carbocycles. The van der Waals surface area contributed by atoms with Crippen LogP contribution in [-0.4, -0.2) is 27.7 Å². The Balaban J connectivity index is 1.85. The van der Waals surface area contributed by atoms with Crippen LogP contribution in [0, 0.1) is 17.0 Å². The molecule has 0 spiro atoms. The van der Waals surface area contributed by atoms with Crippen molar-refractivity contribution in [2.45, 2.75) is 51.8 Å². The van der Waals surface area contributed by atoms with Gasteiger partial charge in [0.25, 0.3) is 5.91 Å². The topological polar surface area (TPSA) is 128 Å². The Morgan fingerprint density at radius 3 is 2.56 bits per heavy atom. The summed E-state index contributed by atoms with van der Waals surface area (Å²) >= 11 is 6.37. The molecule has 1 aromatic heterocycles. The number of hydrogen-bond donors (Lipinski definition) is 1. The van der Waals surface area contributed by atoms with E-state index in [0.717, 1.165) is 0 Å². The van der Waals surface area contributed by atoms with Gasteiger partial charge in [0.05, 0.1) is 23.6 Å². The van der Waals surface area contributed by atoms with Crippen LogP contribution >= 0.6 is 11.6 Å². The Hall–Kier alpha value is -3.92. The summed E-state index contributed by atoms with van der Waals surface area (Å²) in [5.41, 5.74) is -1.23. The van der Waals surface area contributed by atoms with Crippen LogP contribution in [0.25, 0.3) is 0 Å². The maximum Gasteiger partial charge on any atom is 0.408 e. The lowest BCUT2D eigenvalue weighted by Crippen LogP contribution is -2.55. The predicted molar refractivity (Wildman–Crippen MR) is 132 cm³/mol. The molecule has 1 atom stereocenters. The highest BCUT2D eigenvalue weighted by Gasteiger charge is 2.54. The second-order valence-corrected chi connectivity index (χ2v) is 9.91. The smallest absolute Gasteiger partial charge is 0.408 e. The molecule has 0 saturated heterocycles. The van der Waals surface area contributed by atoms with Gasteiger partial charge in [-0.25, -0.2) is 4.79 Å². The standard InChI is InChI=1S/C25H25ClN4O6/c1-15-21(30(33)34)20(36-28-15)13-25(27-23(32)35-24(2,3)4)17-10-6-8-12-19(17)29(22(25)31)14-16-9-5-7-11-18(16)26/h5-12H,13-14H2,1-4H3,(H,27,32)/t25-/m1/s1.